The predicted molar refractivity (Wildman–Crippen MR) is 62.6 cm³/mol. The SMILES string of the molecule is Cc1cc2c(cn1)CNCC(C)(C)O2.Cl. The van der Waals surface area contributed by atoms with Gasteiger partial charge in [-0.3, -0.25) is 4.98 Å². The summed E-state index contributed by atoms with van der Waals surface area (Å²) in [6, 6.07) is 2.00. The van der Waals surface area contributed by atoms with Gasteiger partial charge in [0.05, 0.1) is 0 Å². The van der Waals surface area contributed by atoms with E-state index in [0.29, 0.717) is 0 Å². The van der Waals surface area contributed by atoms with Crippen molar-refractivity contribution in [3.63, 3.8) is 0 Å². The Balaban J connectivity index is 0.00000112. The lowest BCUT2D eigenvalue weighted by molar-refractivity contribution is 0.115. The lowest BCUT2D eigenvalue weighted by Crippen LogP contribution is -2.37. The summed E-state index contributed by atoms with van der Waals surface area (Å²) < 4.78 is 5.92. The molecule has 0 amide bonds. The van der Waals surface area contributed by atoms with Crippen LogP contribution in [0.1, 0.15) is 25.1 Å². The molecule has 0 aromatic carbocycles. The number of aryl methyl sites for hydroxylation is 1. The van der Waals surface area contributed by atoms with Crippen LogP contribution in [0.5, 0.6) is 5.75 Å². The monoisotopic (exact) mass is 228 g/mol. The van der Waals surface area contributed by atoms with E-state index in [0.717, 1.165) is 30.1 Å². The molecule has 4 heteroatoms. The number of hydrogen-bond donors (Lipinski definition) is 1. The highest BCUT2D eigenvalue weighted by Crippen LogP contribution is 2.25. The van der Waals surface area contributed by atoms with Gasteiger partial charge in [-0.1, -0.05) is 0 Å². The van der Waals surface area contributed by atoms with Crippen molar-refractivity contribution in [3.05, 3.63) is 23.5 Å². The van der Waals surface area contributed by atoms with Crippen LogP contribution in [0.15, 0.2) is 12.3 Å². The van der Waals surface area contributed by atoms with E-state index in [1.54, 1.807) is 0 Å². The fourth-order valence-corrected chi connectivity index (χ4v) is 1.62. The molecule has 0 saturated heterocycles. The summed E-state index contributed by atoms with van der Waals surface area (Å²) >= 11 is 0. The van der Waals surface area contributed by atoms with E-state index in [1.807, 2.05) is 19.2 Å². The predicted octanol–water partition coefficient (Wildman–Crippen LogP) is 2.07. The third-order valence-electron chi connectivity index (χ3n) is 2.33. The Bertz CT molecular complexity index is 352. The molecule has 3 nitrogen and oxygen atoms in total. The average Bonchev–Trinajstić information content (AvgIpc) is 2.21. The molecule has 1 N–H and O–H groups in total. The minimum atomic E-state index is -0.140. The molecule has 0 aliphatic carbocycles. The standard InChI is InChI=1S/C11H16N2O.ClH/c1-8-4-10-9(6-13-8)5-12-7-11(2,3)14-10;/h4,6,12H,5,7H2,1-3H3;1H. The van der Waals surface area contributed by atoms with Gasteiger partial charge < -0.3 is 10.1 Å². The van der Waals surface area contributed by atoms with Gasteiger partial charge in [0.15, 0.2) is 0 Å². The van der Waals surface area contributed by atoms with Crippen molar-refractivity contribution in [1.29, 1.82) is 0 Å². The largest absolute Gasteiger partial charge is 0.486 e. The van der Waals surface area contributed by atoms with Crippen molar-refractivity contribution in [3.8, 4) is 5.75 Å². The van der Waals surface area contributed by atoms with Crippen LogP contribution in [0.25, 0.3) is 0 Å². The highest BCUT2D eigenvalue weighted by molar-refractivity contribution is 5.85. The van der Waals surface area contributed by atoms with Gasteiger partial charge in [0, 0.05) is 36.6 Å². The van der Waals surface area contributed by atoms with Crippen LogP contribution in [0, 0.1) is 6.92 Å². The van der Waals surface area contributed by atoms with E-state index >= 15 is 0 Å². The zero-order chi connectivity index (χ0) is 10.2. The second-order valence-electron chi connectivity index (χ2n) is 4.40. The number of nitrogens with one attached hydrogen (secondary N) is 1. The van der Waals surface area contributed by atoms with Crippen LogP contribution in [-0.2, 0) is 6.54 Å². The van der Waals surface area contributed by atoms with E-state index in [4.69, 9.17) is 4.74 Å². The Morgan fingerprint density at radius 3 is 2.93 bits per heavy atom. The van der Waals surface area contributed by atoms with Crippen LogP contribution < -0.4 is 10.1 Å². The minimum absolute atomic E-state index is 0. The van der Waals surface area contributed by atoms with Crippen molar-refractivity contribution in [2.24, 2.45) is 0 Å². The summed E-state index contributed by atoms with van der Waals surface area (Å²) in [5.74, 6) is 0.965. The normalized spacial score (nSPS) is 18.1. The Hall–Kier alpha value is -0.800. The average molecular weight is 229 g/mol. The van der Waals surface area contributed by atoms with E-state index in [-0.39, 0.29) is 18.0 Å². The van der Waals surface area contributed by atoms with Gasteiger partial charge in [0.1, 0.15) is 11.4 Å². The molecular weight excluding hydrogens is 212 g/mol. The topological polar surface area (TPSA) is 34.2 Å². The van der Waals surface area contributed by atoms with Crippen LogP contribution in [0.3, 0.4) is 0 Å². The van der Waals surface area contributed by atoms with E-state index in [9.17, 15) is 0 Å². The van der Waals surface area contributed by atoms with Crippen LogP contribution in [0.2, 0.25) is 0 Å². The molecule has 0 unspecified atom stereocenters. The number of ether oxygens (including phenoxy) is 1. The second-order valence-corrected chi connectivity index (χ2v) is 4.40. The third-order valence-corrected chi connectivity index (χ3v) is 2.33. The molecule has 1 aromatic rings. The quantitative estimate of drug-likeness (QED) is 0.738. The maximum atomic E-state index is 5.92. The number of halogens is 1. The van der Waals surface area contributed by atoms with Crippen LogP contribution >= 0.6 is 12.4 Å². The van der Waals surface area contributed by atoms with Gasteiger partial charge >= 0.3 is 0 Å². The first-order valence-electron chi connectivity index (χ1n) is 4.92. The number of fused-ring (bicyclic) bond motifs is 1. The zero-order valence-corrected chi connectivity index (χ0v) is 10.1. The first kappa shape index (κ1) is 12.3. The first-order chi connectivity index (χ1) is 6.57. The summed E-state index contributed by atoms with van der Waals surface area (Å²) in [6.07, 6.45) is 1.89. The zero-order valence-electron chi connectivity index (χ0n) is 9.33. The fourth-order valence-electron chi connectivity index (χ4n) is 1.62. The molecule has 2 heterocycles. The number of nitrogens with zero attached hydrogens (tertiary/aromatic N) is 1. The molecule has 15 heavy (non-hydrogen) atoms. The van der Waals surface area contributed by atoms with Crippen LogP contribution in [0.4, 0.5) is 0 Å². The number of rotatable bonds is 0. The summed E-state index contributed by atoms with van der Waals surface area (Å²) in [7, 11) is 0. The maximum Gasteiger partial charge on any atom is 0.128 e. The summed E-state index contributed by atoms with van der Waals surface area (Å²) in [4.78, 5) is 4.26. The highest BCUT2D eigenvalue weighted by Gasteiger charge is 2.24. The van der Waals surface area contributed by atoms with Gasteiger partial charge in [-0.05, 0) is 20.8 Å². The second kappa shape index (κ2) is 4.37. The van der Waals surface area contributed by atoms with Crippen molar-refractivity contribution in [2.75, 3.05) is 6.54 Å². The van der Waals surface area contributed by atoms with Crippen LogP contribution in [-0.4, -0.2) is 17.1 Å². The molecule has 0 bridgehead atoms. The molecule has 0 fully saturated rings. The van der Waals surface area contributed by atoms with E-state index < -0.39 is 0 Å². The number of hydrogen-bond acceptors (Lipinski definition) is 3. The Morgan fingerprint density at radius 2 is 2.20 bits per heavy atom. The summed E-state index contributed by atoms with van der Waals surface area (Å²) in [5, 5.41) is 3.35. The number of pyridine rings is 1. The molecular formula is C11H17ClN2O. The van der Waals surface area contributed by atoms with Crippen molar-refractivity contribution < 1.29 is 4.74 Å². The Labute approximate surface area is 96.7 Å². The van der Waals surface area contributed by atoms with Crippen molar-refractivity contribution >= 4 is 12.4 Å². The van der Waals surface area contributed by atoms with E-state index in [2.05, 4.69) is 24.1 Å². The minimum Gasteiger partial charge on any atom is -0.486 e. The Kier molecular flexibility index (Phi) is 3.58. The molecule has 84 valence electrons. The fraction of sp³-hybridized carbons (Fsp3) is 0.545. The molecule has 0 saturated carbocycles. The molecule has 0 spiro atoms. The summed E-state index contributed by atoms with van der Waals surface area (Å²) in [6.45, 7) is 7.86. The van der Waals surface area contributed by atoms with Gasteiger partial charge in [-0.15, -0.1) is 12.4 Å². The summed E-state index contributed by atoms with van der Waals surface area (Å²) in [5.41, 5.74) is 2.00. The lowest BCUT2D eigenvalue weighted by atomic mass is 10.1. The number of aromatic nitrogens is 1. The molecule has 1 aromatic heterocycles. The molecule has 0 radical (unpaired) electrons. The highest BCUT2D eigenvalue weighted by atomic mass is 35.5. The van der Waals surface area contributed by atoms with Gasteiger partial charge in [0.25, 0.3) is 0 Å². The van der Waals surface area contributed by atoms with Gasteiger partial charge in [-0.25, -0.2) is 0 Å². The lowest BCUT2D eigenvalue weighted by Gasteiger charge is -2.24. The molecule has 2 rings (SSSR count). The first-order valence-corrected chi connectivity index (χ1v) is 4.92. The van der Waals surface area contributed by atoms with Gasteiger partial charge in [-0.2, -0.15) is 0 Å². The molecule has 1 aliphatic heterocycles. The smallest absolute Gasteiger partial charge is 0.128 e. The maximum absolute atomic E-state index is 5.92. The Morgan fingerprint density at radius 1 is 1.47 bits per heavy atom. The van der Waals surface area contributed by atoms with E-state index in [1.165, 1.54) is 0 Å². The molecule has 1 aliphatic rings. The van der Waals surface area contributed by atoms with Crippen molar-refractivity contribution in [2.45, 2.75) is 32.9 Å². The van der Waals surface area contributed by atoms with Gasteiger partial charge in [0.2, 0.25) is 0 Å². The molecule has 0 atom stereocenters. The third kappa shape index (κ3) is 2.83. The van der Waals surface area contributed by atoms with Crippen molar-refractivity contribution in [1.82, 2.24) is 10.3 Å².